The minimum absolute atomic E-state index is 0. The number of benzene rings is 2. The van der Waals surface area contributed by atoms with Gasteiger partial charge in [0, 0.05) is 0 Å². The van der Waals surface area contributed by atoms with Crippen molar-refractivity contribution in [2.75, 3.05) is 0 Å². The van der Waals surface area contributed by atoms with E-state index in [9.17, 15) is 4.79 Å². The second-order valence-corrected chi connectivity index (χ2v) is 6.29. The molecule has 0 aliphatic carbocycles. The molecule has 0 atom stereocenters. The minimum atomic E-state index is -0.0928. The summed E-state index contributed by atoms with van der Waals surface area (Å²) in [4.78, 5) is 17.7. The lowest BCUT2D eigenvalue weighted by Crippen LogP contribution is -3.00. The summed E-state index contributed by atoms with van der Waals surface area (Å²) >= 11 is 1.30. The lowest BCUT2D eigenvalue weighted by Gasteiger charge is -2.14. The van der Waals surface area contributed by atoms with Gasteiger partial charge >= 0.3 is 5.17 Å². The van der Waals surface area contributed by atoms with Gasteiger partial charge in [0.05, 0.1) is 22.3 Å². The Kier molecular flexibility index (Phi) is 6.22. The van der Waals surface area contributed by atoms with Crippen molar-refractivity contribution in [3.63, 3.8) is 0 Å². The Bertz CT molecular complexity index is 986. The van der Waals surface area contributed by atoms with E-state index in [1.165, 1.54) is 11.8 Å². The van der Waals surface area contributed by atoms with E-state index in [-0.39, 0.29) is 22.5 Å². The second kappa shape index (κ2) is 8.17. The monoisotopic (exact) mass is 419 g/mol. The normalized spacial score (nSPS) is 11.3. The molecule has 0 spiro atoms. The van der Waals surface area contributed by atoms with E-state index in [1.807, 2.05) is 49.4 Å². The Labute approximate surface area is 159 Å². The van der Waals surface area contributed by atoms with Gasteiger partial charge in [-0.25, -0.2) is 4.98 Å². The summed E-state index contributed by atoms with van der Waals surface area (Å²) in [6, 6.07) is 15.1. The van der Waals surface area contributed by atoms with Gasteiger partial charge in [0.1, 0.15) is 5.82 Å². The highest BCUT2D eigenvalue weighted by Gasteiger charge is 2.15. The molecule has 0 aliphatic heterocycles. The summed E-state index contributed by atoms with van der Waals surface area (Å²) in [7, 11) is 0. The number of aromatic nitrogens is 2. The van der Waals surface area contributed by atoms with Crippen molar-refractivity contribution < 1.29 is 22.1 Å². The number of hydrazine groups is 1. The van der Waals surface area contributed by atoms with E-state index in [2.05, 4.69) is 10.1 Å². The molecule has 0 fully saturated rings. The predicted octanol–water partition coefficient (Wildman–Crippen LogP) is -2.80. The average molecular weight is 420 g/mol. The first-order valence-electron chi connectivity index (χ1n) is 7.40. The summed E-state index contributed by atoms with van der Waals surface area (Å²) < 4.78 is 1.65. The van der Waals surface area contributed by atoms with Gasteiger partial charge in [-0.1, -0.05) is 30.3 Å². The number of nitrogens with two attached hydrogens (primary N) is 2. The first kappa shape index (κ1) is 19.0. The largest absolute Gasteiger partial charge is 1.00 e. The highest BCUT2D eigenvalue weighted by atomic mass is 79.9. The number of hydrogen-bond acceptors (Lipinski definition) is 4. The summed E-state index contributed by atoms with van der Waals surface area (Å²) in [6.07, 6.45) is 0. The van der Waals surface area contributed by atoms with Crippen LogP contribution in [0.3, 0.4) is 0 Å². The zero-order chi connectivity index (χ0) is 17.1. The van der Waals surface area contributed by atoms with E-state index in [0.717, 1.165) is 11.3 Å². The van der Waals surface area contributed by atoms with Gasteiger partial charge in [-0.15, -0.1) is 0 Å². The molecule has 2 aromatic carbocycles. The zero-order valence-electron chi connectivity index (χ0n) is 13.6. The molecule has 0 bridgehead atoms. The molecule has 25 heavy (non-hydrogen) atoms. The van der Waals surface area contributed by atoms with Crippen molar-refractivity contribution in [1.29, 1.82) is 0 Å². The first-order valence-corrected chi connectivity index (χ1v) is 8.39. The van der Waals surface area contributed by atoms with Gasteiger partial charge in [0.25, 0.3) is 5.56 Å². The van der Waals surface area contributed by atoms with Gasteiger partial charge in [-0.05, 0) is 42.4 Å². The number of rotatable bonds is 3. The van der Waals surface area contributed by atoms with Crippen molar-refractivity contribution in [3.8, 4) is 5.69 Å². The smallest absolute Gasteiger partial charge is 0.325 e. The lowest BCUT2D eigenvalue weighted by molar-refractivity contribution is -0.467. The molecular weight excluding hydrogens is 402 g/mol. The van der Waals surface area contributed by atoms with E-state index in [0.29, 0.717) is 27.6 Å². The first-order chi connectivity index (χ1) is 11.6. The van der Waals surface area contributed by atoms with Gasteiger partial charge in [0.15, 0.2) is 0 Å². The molecule has 0 unspecified atom stereocenters. The Balaban J connectivity index is 0.00000225. The van der Waals surface area contributed by atoms with Crippen LogP contribution >= 0.6 is 11.8 Å². The van der Waals surface area contributed by atoms with Crippen LogP contribution in [0.15, 0.2) is 53.3 Å². The molecule has 0 radical (unpaired) electrons. The Morgan fingerprint density at radius 1 is 1.20 bits per heavy atom. The number of halogens is 1. The number of hydrogen-bond donors (Lipinski definition) is 3. The molecule has 0 saturated heterocycles. The van der Waals surface area contributed by atoms with E-state index >= 15 is 0 Å². The maximum Gasteiger partial charge on any atom is 0.325 e. The van der Waals surface area contributed by atoms with Gasteiger partial charge in [-0.3, -0.25) is 20.9 Å². The van der Waals surface area contributed by atoms with Gasteiger partial charge in [0.2, 0.25) is 0 Å². The summed E-state index contributed by atoms with van der Waals surface area (Å²) in [6.45, 7) is 1.97. The second-order valence-electron chi connectivity index (χ2n) is 5.27. The maximum atomic E-state index is 13.1. The SMILES string of the molecule is Cc1ccccc1-n1c(CS/C(N)=[NH+]/N)nc2ccccc2c1=O.[Br-]. The van der Waals surface area contributed by atoms with Gasteiger partial charge in [-0.2, -0.15) is 5.10 Å². The Hall–Kier alpha value is -2.32. The van der Waals surface area contributed by atoms with E-state index in [4.69, 9.17) is 11.6 Å². The summed E-state index contributed by atoms with van der Waals surface area (Å²) in [5.74, 6) is 6.35. The molecule has 5 N–H and O–H groups in total. The number of para-hydroxylation sites is 2. The van der Waals surface area contributed by atoms with Crippen LogP contribution in [0.1, 0.15) is 11.4 Å². The van der Waals surface area contributed by atoms with Gasteiger partial charge < -0.3 is 17.0 Å². The molecule has 3 rings (SSSR count). The van der Waals surface area contributed by atoms with Crippen molar-refractivity contribution in [3.05, 3.63) is 70.3 Å². The molecule has 1 aromatic heterocycles. The van der Waals surface area contributed by atoms with Crippen molar-refractivity contribution in [2.45, 2.75) is 12.7 Å². The molecule has 3 aromatic rings. The standard InChI is InChI=1S/C17H17N5OS.BrH/c1-11-6-2-5-9-14(11)22-15(10-24-17(18)21-19)20-13-8-4-3-7-12(13)16(22)23;/h2-9H,10,19H2,1H3,(H2,18,21);1H. The molecular formula is C17H18BrN5OS. The van der Waals surface area contributed by atoms with E-state index < -0.39 is 0 Å². The van der Waals surface area contributed by atoms with Crippen LogP contribution in [0, 0.1) is 6.92 Å². The summed E-state index contributed by atoms with van der Waals surface area (Å²) in [5, 5.41) is 3.36. The predicted molar refractivity (Wildman–Crippen MR) is 97.7 cm³/mol. The van der Waals surface area contributed by atoms with E-state index in [1.54, 1.807) is 10.6 Å². The number of hydrazone groups is 1. The fourth-order valence-corrected chi connectivity index (χ4v) is 3.08. The maximum absolute atomic E-state index is 13.1. The number of aryl methyl sites for hydroxylation is 1. The molecule has 0 saturated carbocycles. The molecule has 6 nitrogen and oxygen atoms in total. The number of thioether (sulfide) groups is 1. The van der Waals surface area contributed by atoms with Crippen molar-refractivity contribution >= 4 is 27.8 Å². The van der Waals surface area contributed by atoms with Crippen LogP contribution in [0.4, 0.5) is 0 Å². The zero-order valence-corrected chi connectivity index (χ0v) is 16.0. The Morgan fingerprint density at radius 2 is 1.88 bits per heavy atom. The van der Waals surface area contributed by atoms with Crippen molar-refractivity contribution in [1.82, 2.24) is 9.55 Å². The van der Waals surface area contributed by atoms with Crippen LogP contribution in [-0.4, -0.2) is 14.7 Å². The fraction of sp³-hybridized carbons (Fsp3) is 0.118. The number of fused-ring (bicyclic) bond motifs is 1. The third-order valence-corrected chi connectivity index (χ3v) is 4.53. The minimum Gasteiger partial charge on any atom is -1.00 e. The van der Waals surface area contributed by atoms with Crippen LogP contribution in [0.2, 0.25) is 0 Å². The fourth-order valence-electron chi connectivity index (χ4n) is 2.52. The third kappa shape index (κ3) is 3.85. The van der Waals surface area contributed by atoms with Crippen molar-refractivity contribution in [2.24, 2.45) is 11.6 Å². The molecule has 8 heteroatoms. The highest BCUT2D eigenvalue weighted by molar-refractivity contribution is 8.12. The molecule has 0 aliphatic rings. The lowest BCUT2D eigenvalue weighted by atomic mass is 10.2. The Morgan fingerprint density at radius 3 is 2.60 bits per heavy atom. The number of amidine groups is 1. The third-order valence-electron chi connectivity index (χ3n) is 3.70. The number of nitrogens with one attached hydrogen (secondary N) is 1. The average Bonchev–Trinajstić information content (AvgIpc) is 2.61. The van der Waals surface area contributed by atoms with Crippen LogP contribution < -0.4 is 39.2 Å². The topological polar surface area (TPSA) is 101 Å². The molecule has 0 amide bonds. The quantitative estimate of drug-likeness (QED) is 0.184. The van der Waals surface area contributed by atoms with Crippen LogP contribution in [-0.2, 0) is 5.75 Å². The number of nitrogens with zero attached hydrogens (tertiary/aromatic N) is 2. The van der Waals surface area contributed by atoms with Crippen LogP contribution in [0.25, 0.3) is 16.6 Å². The van der Waals surface area contributed by atoms with Crippen LogP contribution in [0.5, 0.6) is 0 Å². The summed E-state index contributed by atoms with van der Waals surface area (Å²) in [5.41, 5.74) is 8.11. The highest BCUT2D eigenvalue weighted by Crippen LogP contribution is 2.19. The molecule has 1 heterocycles. The molecule has 130 valence electrons.